The number of rotatable bonds is 5. The number of hydrogen-bond donors (Lipinski definition) is 3. The van der Waals surface area contributed by atoms with Crippen molar-refractivity contribution in [2.45, 2.75) is 32.7 Å². The zero-order valence-electron chi connectivity index (χ0n) is 11.9. The molecule has 0 saturated carbocycles. The van der Waals surface area contributed by atoms with Crippen LogP contribution in [0, 0.1) is 0 Å². The number of carbonyl (C=O) groups excluding carboxylic acids is 1. The average Bonchev–Trinajstić information content (AvgIpc) is 2.40. The minimum atomic E-state index is -1.24. The van der Waals surface area contributed by atoms with Gasteiger partial charge < -0.3 is 20.4 Å². The number of carboxylic acids is 1. The van der Waals surface area contributed by atoms with Gasteiger partial charge in [-0.15, -0.1) is 0 Å². The van der Waals surface area contributed by atoms with Gasteiger partial charge >= 0.3 is 12.0 Å². The second-order valence-electron chi connectivity index (χ2n) is 4.69. The highest BCUT2D eigenvalue weighted by Crippen LogP contribution is 2.27. The molecule has 0 spiro atoms. The first-order chi connectivity index (χ1) is 9.38. The summed E-state index contributed by atoms with van der Waals surface area (Å²) in [6.45, 7) is 3.96. The van der Waals surface area contributed by atoms with Crippen molar-refractivity contribution in [2.24, 2.45) is 0 Å². The van der Waals surface area contributed by atoms with Crippen LogP contribution >= 0.6 is 0 Å². The van der Waals surface area contributed by atoms with Crippen molar-refractivity contribution in [2.75, 3.05) is 12.4 Å². The minimum Gasteiger partial charge on any atom is -0.505 e. The molecule has 0 aromatic heterocycles. The number of nitrogens with zero attached hydrogens (tertiary/aromatic N) is 1. The van der Waals surface area contributed by atoms with Gasteiger partial charge in [0.25, 0.3) is 0 Å². The number of carbonyl (C=O) groups is 2. The smallest absolute Gasteiger partial charge is 0.339 e. The summed E-state index contributed by atoms with van der Waals surface area (Å²) in [7, 11) is 1.66. The lowest BCUT2D eigenvalue weighted by atomic mass is 10.1. The molecule has 0 aliphatic rings. The molecule has 0 bridgehead atoms. The van der Waals surface area contributed by atoms with Crippen LogP contribution in [0.1, 0.15) is 37.0 Å². The first-order valence-electron chi connectivity index (χ1n) is 6.47. The largest absolute Gasteiger partial charge is 0.505 e. The van der Waals surface area contributed by atoms with E-state index in [0.29, 0.717) is 0 Å². The SMILES string of the molecule is CCCC(C)N(C)C(=O)Nc1cccc(C(=O)O)c1O. The molecule has 1 aromatic carbocycles. The Hall–Kier alpha value is -2.24. The fraction of sp³-hybridized carbons (Fsp3) is 0.429. The summed E-state index contributed by atoms with van der Waals surface area (Å²) in [5.74, 6) is -1.68. The Labute approximate surface area is 118 Å². The van der Waals surface area contributed by atoms with Gasteiger partial charge in [-0.25, -0.2) is 9.59 Å². The molecule has 0 aliphatic heterocycles. The highest BCUT2D eigenvalue weighted by molar-refractivity contribution is 5.97. The first-order valence-corrected chi connectivity index (χ1v) is 6.47. The lowest BCUT2D eigenvalue weighted by molar-refractivity contribution is 0.0693. The number of anilines is 1. The number of para-hydroxylation sites is 1. The van der Waals surface area contributed by atoms with E-state index in [2.05, 4.69) is 5.32 Å². The second-order valence-corrected chi connectivity index (χ2v) is 4.69. The van der Waals surface area contributed by atoms with Crippen molar-refractivity contribution >= 4 is 17.7 Å². The normalized spacial score (nSPS) is 11.8. The molecule has 0 aliphatic carbocycles. The van der Waals surface area contributed by atoms with Crippen LogP contribution in [0.2, 0.25) is 0 Å². The van der Waals surface area contributed by atoms with Gasteiger partial charge in [0, 0.05) is 13.1 Å². The van der Waals surface area contributed by atoms with Gasteiger partial charge in [0.05, 0.1) is 5.69 Å². The van der Waals surface area contributed by atoms with Crippen LogP contribution in [-0.4, -0.2) is 40.2 Å². The predicted molar refractivity (Wildman–Crippen MR) is 76.2 cm³/mol. The maximum Gasteiger partial charge on any atom is 0.339 e. The summed E-state index contributed by atoms with van der Waals surface area (Å²) in [5, 5.41) is 21.2. The van der Waals surface area contributed by atoms with Crippen molar-refractivity contribution in [1.29, 1.82) is 0 Å². The lowest BCUT2D eigenvalue weighted by Gasteiger charge is -2.25. The Morgan fingerprint density at radius 3 is 2.60 bits per heavy atom. The molecule has 1 atom stereocenters. The van der Waals surface area contributed by atoms with Gasteiger partial charge in [0.15, 0.2) is 5.75 Å². The molecule has 20 heavy (non-hydrogen) atoms. The molecule has 1 unspecified atom stereocenters. The number of urea groups is 1. The monoisotopic (exact) mass is 280 g/mol. The number of carboxylic acid groups (broad SMARTS) is 1. The number of aromatic hydroxyl groups is 1. The second kappa shape index (κ2) is 6.79. The van der Waals surface area contributed by atoms with E-state index in [9.17, 15) is 14.7 Å². The quantitative estimate of drug-likeness (QED) is 0.723. The van der Waals surface area contributed by atoms with E-state index in [1.165, 1.54) is 23.1 Å². The van der Waals surface area contributed by atoms with Gasteiger partial charge in [0.1, 0.15) is 5.56 Å². The van der Waals surface area contributed by atoms with Crippen molar-refractivity contribution in [3.63, 3.8) is 0 Å². The Morgan fingerprint density at radius 1 is 1.40 bits per heavy atom. The molecule has 6 nitrogen and oxygen atoms in total. The Morgan fingerprint density at radius 2 is 2.05 bits per heavy atom. The van der Waals surface area contributed by atoms with E-state index in [1.54, 1.807) is 7.05 Å². The molecule has 0 saturated heterocycles. The van der Waals surface area contributed by atoms with Gasteiger partial charge in [0.2, 0.25) is 0 Å². The van der Waals surface area contributed by atoms with Crippen LogP contribution in [-0.2, 0) is 0 Å². The average molecular weight is 280 g/mol. The van der Waals surface area contributed by atoms with Crippen LogP contribution in [0.15, 0.2) is 18.2 Å². The summed E-state index contributed by atoms with van der Waals surface area (Å²) in [6, 6.07) is 3.87. The fourth-order valence-corrected chi connectivity index (χ4v) is 1.83. The minimum absolute atomic E-state index is 0.0600. The Bertz CT molecular complexity index is 502. The topological polar surface area (TPSA) is 89.9 Å². The number of benzene rings is 1. The highest BCUT2D eigenvalue weighted by atomic mass is 16.4. The summed E-state index contributed by atoms with van der Waals surface area (Å²) in [6.07, 6.45) is 1.82. The van der Waals surface area contributed by atoms with Crippen molar-refractivity contribution in [3.8, 4) is 5.75 Å². The summed E-state index contributed by atoms with van der Waals surface area (Å²) < 4.78 is 0. The summed E-state index contributed by atoms with van der Waals surface area (Å²) in [5.41, 5.74) is -0.155. The maximum absolute atomic E-state index is 12.0. The van der Waals surface area contributed by atoms with Gasteiger partial charge in [-0.2, -0.15) is 0 Å². The molecule has 3 N–H and O–H groups in total. The Kier molecular flexibility index (Phi) is 5.37. The first kappa shape index (κ1) is 15.8. The molecule has 0 radical (unpaired) electrons. The fourth-order valence-electron chi connectivity index (χ4n) is 1.83. The molecule has 1 aromatic rings. The third-order valence-corrected chi connectivity index (χ3v) is 3.20. The number of hydrogen-bond acceptors (Lipinski definition) is 3. The lowest BCUT2D eigenvalue weighted by Crippen LogP contribution is -2.38. The Balaban J connectivity index is 2.86. The molecule has 0 fully saturated rings. The van der Waals surface area contributed by atoms with Crippen LogP contribution in [0.5, 0.6) is 5.75 Å². The van der Waals surface area contributed by atoms with Crippen LogP contribution in [0.4, 0.5) is 10.5 Å². The van der Waals surface area contributed by atoms with E-state index in [-0.39, 0.29) is 23.3 Å². The van der Waals surface area contributed by atoms with E-state index >= 15 is 0 Å². The molecule has 1 rings (SSSR count). The van der Waals surface area contributed by atoms with Crippen LogP contribution < -0.4 is 5.32 Å². The number of nitrogens with one attached hydrogen (secondary N) is 1. The van der Waals surface area contributed by atoms with E-state index < -0.39 is 11.7 Å². The van der Waals surface area contributed by atoms with Gasteiger partial charge in [-0.1, -0.05) is 19.4 Å². The van der Waals surface area contributed by atoms with E-state index in [4.69, 9.17) is 5.11 Å². The molecule has 2 amide bonds. The molecular weight excluding hydrogens is 260 g/mol. The van der Waals surface area contributed by atoms with Gasteiger partial charge in [-0.3, -0.25) is 0 Å². The summed E-state index contributed by atoms with van der Waals surface area (Å²) >= 11 is 0. The third-order valence-electron chi connectivity index (χ3n) is 3.20. The number of aromatic carboxylic acids is 1. The third kappa shape index (κ3) is 3.63. The van der Waals surface area contributed by atoms with Crippen molar-refractivity contribution in [3.05, 3.63) is 23.8 Å². The van der Waals surface area contributed by atoms with E-state index in [0.717, 1.165) is 12.8 Å². The molecule has 6 heteroatoms. The molecular formula is C14H20N2O4. The maximum atomic E-state index is 12.0. The summed E-state index contributed by atoms with van der Waals surface area (Å²) in [4.78, 5) is 24.4. The molecule has 0 heterocycles. The van der Waals surface area contributed by atoms with E-state index in [1.807, 2.05) is 13.8 Å². The van der Waals surface area contributed by atoms with Gasteiger partial charge in [-0.05, 0) is 25.5 Å². The zero-order chi connectivity index (χ0) is 15.3. The highest BCUT2D eigenvalue weighted by Gasteiger charge is 2.18. The zero-order valence-corrected chi connectivity index (χ0v) is 11.9. The predicted octanol–water partition coefficient (Wildman–Crippen LogP) is 2.74. The van der Waals surface area contributed by atoms with Crippen LogP contribution in [0.25, 0.3) is 0 Å². The number of phenols is 1. The van der Waals surface area contributed by atoms with Crippen molar-refractivity contribution in [1.82, 2.24) is 4.90 Å². The molecule has 110 valence electrons. The van der Waals surface area contributed by atoms with Crippen molar-refractivity contribution < 1.29 is 19.8 Å². The van der Waals surface area contributed by atoms with Crippen LogP contribution in [0.3, 0.4) is 0 Å². The standard InChI is InChI=1S/C14H20N2O4/c1-4-6-9(2)16(3)14(20)15-11-8-5-7-10(12(11)17)13(18)19/h5,7-9,17H,4,6H2,1-3H3,(H,15,20)(H,18,19). The number of amides is 2.